The summed E-state index contributed by atoms with van der Waals surface area (Å²) in [5, 5.41) is 8.38. The van der Waals surface area contributed by atoms with E-state index in [4.69, 9.17) is 5.11 Å². The molecule has 0 unspecified atom stereocenters. The average Bonchev–Trinajstić information content (AvgIpc) is 1.98. The van der Waals surface area contributed by atoms with Crippen LogP contribution in [0.1, 0.15) is 26.7 Å². The second kappa shape index (κ2) is 6.38. The van der Waals surface area contributed by atoms with E-state index in [1.165, 1.54) is 0 Å². The van der Waals surface area contributed by atoms with Crippen molar-refractivity contribution in [2.24, 2.45) is 0 Å². The zero-order chi connectivity index (χ0) is 7.82. The molecule has 0 aliphatic rings. The van der Waals surface area contributed by atoms with Crippen LogP contribution in [0.5, 0.6) is 0 Å². The van der Waals surface area contributed by atoms with Gasteiger partial charge in [-0.2, -0.15) is 0 Å². The normalized spacial score (nSPS) is 10.5. The number of hydrogen-bond donors (Lipinski definition) is 1. The Morgan fingerprint density at radius 2 is 2.30 bits per heavy atom. The number of aliphatic hydroxyl groups is 1. The van der Waals surface area contributed by atoms with Gasteiger partial charge in [-0.1, -0.05) is 31.3 Å². The van der Waals surface area contributed by atoms with Crippen molar-refractivity contribution in [2.75, 3.05) is 6.61 Å². The maximum absolute atomic E-state index is 8.38. The van der Waals surface area contributed by atoms with E-state index in [1.807, 2.05) is 13.0 Å². The molecular formula is C9H14O. The summed E-state index contributed by atoms with van der Waals surface area (Å²) in [5.74, 6) is 5.50. The smallest absolute Gasteiger partial charge is 0.104 e. The van der Waals surface area contributed by atoms with E-state index >= 15 is 0 Å². The van der Waals surface area contributed by atoms with Gasteiger partial charge in [-0.15, -0.1) is 0 Å². The van der Waals surface area contributed by atoms with Crippen LogP contribution in [0.3, 0.4) is 0 Å². The monoisotopic (exact) mass is 138 g/mol. The first-order valence-electron chi connectivity index (χ1n) is 3.60. The van der Waals surface area contributed by atoms with Gasteiger partial charge in [0.25, 0.3) is 0 Å². The molecule has 0 aliphatic heterocycles. The standard InChI is InChI=1S/C9H14O/c1-3-6-9(4-2)7-5-8-10/h4,10H,3,6,8H2,1-2H3. The van der Waals surface area contributed by atoms with Crippen molar-refractivity contribution in [3.05, 3.63) is 11.6 Å². The Kier molecular flexibility index (Phi) is 5.91. The molecule has 0 aromatic heterocycles. The Bertz CT molecular complexity index is 157. The van der Waals surface area contributed by atoms with Crippen LogP contribution in [0.15, 0.2) is 11.6 Å². The topological polar surface area (TPSA) is 20.2 Å². The van der Waals surface area contributed by atoms with Gasteiger partial charge in [0, 0.05) is 0 Å². The van der Waals surface area contributed by atoms with Crippen LogP contribution in [0.25, 0.3) is 0 Å². The third kappa shape index (κ3) is 4.17. The molecule has 0 bridgehead atoms. The van der Waals surface area contributed by atoms with Crippen LogP contribution < -0.4 is 0 Å². The fourth-order valence-electron chi connectivity index (χ4n) is 0.701. The molecule has 0 atom stereocenters. The highest BCUT2D eigenvalue weighted by molar-refractivity contribution is 5.27. The summed E-state index contributed by atoms with van der Waals surface area (Å²) in [6.07, 6.45) is 4.12. The minimum absolute atomic E-state index is 0.0406. The van der Waals surface area contributed by atoms with Crippen LogP contribution in [0, 0.1) is 11.8 Å². The molecule has 1 heteroatoms. The Morgan fingerprint density at radius 1 is 1.60 bits per heavy atom. The van der Waals surface area contributed by atoms with Crippen molar-refractivity contribution in [3.8, 4) is 11.8 Å². The van der Waals surface area contributed by atoms with Gasteiger partial charge in [-0.3, -0.25) is 0 Å². The molecular weight excluding hydrogens is 124 g/mol. The van der Waals surface area contributed by atoms with E-state index in [0.717, 1.165) is 18.4 Å². The predicted octanol–water partition coefficient (Wildman–Crippen LogP) is 1.73. The Labute approximate surface area is 62.8 Å². The van der Waals surface area contributed by atoms with Gasteiger partial charge in [0.1, 0.15) is 6.61 Å². The minimum atomic E-state index is -0.0406. The molecule has 56 valence electrons. The highest BCUT2D eigenvalue weighted by Gasteiger charge is 1.85. The van der Waals surface area contributed by atoms with E-state index in [-0.39, 0.29) is 6.61 Å². The van der Waals surface area contributed by atoms with E-state index in [9.17, 15) is 0 Å². The van der Waals surface area contributed by atoms with E-state index in [0.29, 0.717) is 0 Å². The first-order chi connectivity index (χ1) is 4.85. The van der Waals surface area contributed by atoms with Gasteiger partial charge in [-0.05, 0) is 18.9 Å². The number of allylic oxidation sites excluding steroid dienone is 2. The molecule has 0 aromatic carbocycles. The molecule has 1 nitrogen and oxygen atoms in total. The zero-order valence-corrected chi connectivity index (χ0v) is 6.65. The van der Waals surface area contributed by atoms with Crippen molar-refractivity contribution in [1.82, 2.24) is 0 Å². The number of aliphatic hydroxyl groups excluding tert-OH is 1. The third-order valence-corrected chi connectivity index (χ3v) is 1.20. The lowest BCUT2D eigenvalue weighted by molar-refractivity contribution is 0.350. The van der Waals surface area contributed by atoms with Gasteiger partial charge >= 0.3 is 0 Å². The Hall–Kier alpha value is -0.740. The maximum Gasteiger partial charge on any atom is 0.104 e. The van der Waals surface area contributed by atoms with Gasteiger partial charge in [0.2, 0.25) is 0 Å². The molecule has 10 heavy (non-hydrogen) atoms. The summed E-state index contributed by atoms with van der Waals surface area (Å²) in [5.41, 5.74) is 1.12. The van der Waals surface area contributed by atoms with E-state index in [1.54, 1.807) is 0 Å². The molecule has 0 amide bonds. The van der Waals surface area contributed by atoms with Crippen molar-refractivity contribution >= 4 is 0 Å². The molecule has 0 aromatic rings. The quantitative estimate of drug-likeness (QED) is 0.576. The van der Waals surface area contributed by atoms with Gasteiger partial charge in [0.15, 0.2) is 0 Å². The number of rotatable bonds is 2. The lowest BCUT2D eigenvalue weighted by atomic mass is 10.1. The summed E-state index contributed by atoms with van der Waals surface area (Å²) in [7, 11) is 0. The fourth-order valence-corrected chi connectivity index (χ4v) is 0.701. The summed E-state index contributed by atoms with van der Waals surface area (Å²) in [6.45, 7) is 4.04. The summed E-state index contributed by atoms with van der Waals surface area (Å²) < 4.78 is 0. The molecule has 0 rings (SSSR count). The minimum Gasteiger partial charge on any atom is -0.384 e. The van der Waals surface area contributed by atoms with Gasteiger partial charge in [0.05, 0.1) is 0 Å². The van der Waals surface area contributed by atoms with Gasteiger partial charge in [-0.25, -0.2) is 0 Å². The molecule has 1 N–H and O–H groups in total. The first kappa shape index (κ1) is 9.26. The van der Waals surface area contributed by atoms with Crippen LogP contribution in [-0.4, -0.2) is 11.7 Å². The highest BCUT2D eigenvalue weighted by atomic mass is 16.2. The molecule has 0 spiro atoms. The number of hydrogen-bond acceptors (Lipinski definition) is 1. The second-order valence-electron chi connectivity index (χ2n) is 2.02. The van der Waals surface area contributed by atoms with Crippen LogP contribution in [0.4, 0.5) is 0 Å². The molecule has 0 radical (unpaired) electrons. The van der Waals surface area contributed by atoms with Crippen molar-refractivity contribution in [3.63, 3.8) is 0 Å². The van der Waals surface area contributed by atoms with E-state index in [2.05, 4.69) is 18.8 Å². The second-order valence-corrected chi connectivity index (χ2v) is 2.02. The Balaban J connectivity index is 3.84. The lowest BCUT2D eigenvalue weighted by Gasteiger charge is -1.91. The fraction of sp³-hybridized carbons (Fsp3) is 0.556. The van der Waals surface area contributed by atoms with Crippen molar-refractivity contribution < 1.29 is 5.11 Å². The van der Waals surface area contributed by atoms with E-state index < -0.39 is 0 Å². The highest BCUT2D eigenvalue weighted by Crippen LogP contribution is 2.01. The zero-order valence-electron chi connectivity index (χ0n) is 6.65. The molecule has 0 aliphatic carbocycles. The molecule has 0 saturated carbocycles. The lowest BCUT2D eigenvalue weighted by Crippen LogP contribution is -1.78. The molecule has 0 fully saturated rings. The third-order valence-electron chi connectivity index (χ3n) is 1.20. The Morgan fingerprint density at radius 3 is 2.70 bits per heavy atom. The largest absolute Gasteiger partial charge is 0.384 e. The van der Waals surface area contributed by atoms with Crippen molar-refractivity contribution in [2.45, 2.75) is 26.7 Å². The first-order valence-corrected chi connectivity index (χ1v) is 3.60. The van der Waals surface area contributed by atoms with Crippen molar-refractivity contribution in [1.29, 1.82) is 0 Å². The van der Waals surface area contributed by atoms with Gasteiger partial charge < -0.3 is 5.11 Å². The summed E-state index contributed by atoms with van der Waals surface area (Å²) in [6, 6.07) is 0. The predicted molar refractivity (Wildman–Crippen MR) is 43.5 cm³/mol. The summed E-state index contributed by atoms with van der Waals surface area (Å²) >= 11 is 0. The van der Waals surface area contributed by atoms with Crippen LogP contribution in [-0.2, 0) is 0 Å². The summed E-state index contributed by atoms with van der Waals surface area (Å²) in [4.78, 5) is 0. The average molecular weight is 138 g/mol. The van der Waals surface area contributed by atoms with Crippen LogP contribution >= 0.6 is 0 Å². The molecule has 0 heterocycles. The SMILES string of the molecule is CC=C(C#CCO)CCC. The maximum atomic E-state index is 8.38. The van der Waals surface area contributed by atoms with Crippen LogP contribution in [0.2, 0.25) is 0 Å². The molecule has 0 saturated heterocycles.